The fourth-order valence-corrected chi connectivity index (χ4v) is 4.32. The van der Waals surface area contributed by atoms with Crippen LogP contribution in [-0.2, 0) is 16.0 Å². The summed E-state index contributed by atoms with van der Waals surface area (Å²) in [6.07, 6.45) is 7.11. The number of carbonyl (C=O) groups excluding carboxylic acids is 2. The summed E-state index contributed by atoms with van der Waals surface area (Å²) in [4.78, 5) is 32.8. The molecule has 2 aliphatic rings. The summed E-state index contributed by atoms with van der Waals surface area (Å²) in [6, 6.07) is 5.93. The van der Waals surface area contributed by atoms with E-state index in [1.807, 2.05) is 23.1 Å². The van der Waals surface area contributed by atoms with Crippen LogP contribution in [0.4, 0.5) is 0 Å². The SMILES string of the molecule is CNC(=O)CCN1CCC[C@@]2(CCC(=O)N(CCc3ccccn3)C2)C1. The fourth-order valence-electron chi connectivity index (χ4n) is 4.32. The van der Waals surface area contributed by atoms with Gasteiger partial charge in [-0.25, -0.2) is 0 Å². The summed E-state index contributed by atoms with van der Waals surface area (Å²) in [6.45, 7) is 4.45. The molecule has 3 heterocycles. The van der Waals surface area contributed by atoms with E-state index in [2.05, 4.69) is 15.2 Å². The van der Waals surface area contributed by atoms with E-state index in [0.717, 1.165) is 57.7 Å². The maximum Gasteiger partial charge on any atom is 0.222 e. The third-order valence-corrected chi connectivity index (χ3v) is 5.79. The lowest BCUT2D eigenvalue weighted by atomic mass is 9.73. The Kier molecular flexibility index (Phi) is 6.25. The van der Waals surface area contributed by atoms with Crippen LogP contribution in [0.1, 0.15) is 37.8 Å². The highest BCUT2D eigenvalue weighted by Gasteiger charge is 2.41. The molecule has 1 aromatic rings. The minimum atomic E-state index is 0.0976. The molecule has 2 aliphatic heterocycles. The number of carbonyl (C=O) groups is 2. The van der Waals surface area contributed by atoms with E-state index in [0.29, 0.717) is 12.8 Å². The summed E-state index contributed by atoms with van der Waals surface area (Å²) >= 11 is 0. The number of nitrogens with zero attached hydrogens (tertiary/aromatic N) is 3. The van der Waals surface area contributed by atoms with Crippen LogP contribution < -0.4 is 5.32 Å². The Bertz CT molecular complexity index is 621. The van der Waals surface area contributed by atoms with Gasteiger partial charge in [0.25, 0.3) is 0 Å². The van der Waals surface area contributed by atoms with Crippen molar-refractivity contribution in [2.45, 2.75) is 38.5 Å². The van der Waals surface area contributed by atoms with Gasteiger partial charge in [-0.3, -0.25) is 14.6 Å². The van der Waals surface area contributed by atoms with Crippen LogP contribution >= 0.6 is 0 Å². The summed E-state index contributed by atoms with van der Waals surface area (Å²) < 4.78 is 0. The van der Waals surface area contributed by atoms with Gasteiger partial charge in [-0.15, -0.1) is 0 Å². The molecule has 0 unspecified atom stereocenters. The average molecular weight is 358 g/mol. The lowest BCUT2D eigenvalue weighted by molar-refractivity contribution is -0.139. The Balaban J connectivity index is 1.57. The Morgan fingerprint density at radius 1 is 1.27 bits per heavy atom. The van der Waals surface area contributed by atoms with E-state index >= 15 is 0 Å². The molecule has 0 saturated carbocycles. The molecule has 2 amide bonds. The topological polar surface area (TPSA) is 65.5 Å². The highest BCUT2D eigenvalue weighted by atomic mass is 16.2. The molecular weight excluding hydrogens is 328 g/mol. The molecule has 0 aromatic carbocycles. The summed E-state index contributed by atoms with van der Waals surface area (Å²) in [5, 5.41) is 2.70. The Labute approximate surface area is 156 Å². The largest absolute Gasteiger partial charge is 0.359 e. The van der Waals surface area contributed by atoms with Crippen molar-refractivity contribution in [3.8, 4) is 0 Å². The second-order valence-corrected chi connectivity index (χ2v) is 7.69. The van der Waals surface area contributed by atoms with Gasteiger partial charge >= 0.3 is 0 Å². The number of hydrogen-bond donors (Lipinski definition) is 1. The van der Waals surface area contributed by atoms with E-state index in [4.69, 9.17) is 0 Å². The first-order valence-corrected chi connectivity index (χ1v) is 9.71. The third kappa shape index (κ3) is 4.81. The van der Waals surface area contributed by atoms with E-state index < -0.39 is 0 Å². The molecule has 1 N–H and O–H groups in total. The van der Waals surface area contributed by atoms with Gasteiger partial charge < -0.3 is 15.1 Å². The number of aromatic nitrogens is 1. The van der Waals surface area contributed by atoms with Gasteiger partial charge in [-0.2, -0.15) is 0 Å². The zero-order chi connectivity index (χ0) is 18.4. The van der Waals surface area contributed by atoms with Gasteiger partial charge in [-0.1, -0.05) is 6.07 Å². The molecule has 3 rings (SSSR count). The molecule has 26 heavy (non-hydrogen) atoms. The minimum Gasteiger partial charge on any atom is -0.359 e. The van der Waals surface area contributed by atoms with Crippen molar-refractivity contribution < 1.29 is 9.59 Å². The zero-order valence-corrected chi connectivity index (χ0v) is 15.7. The van der Waals surface area contributed by atoms with Crippen LogP contribution in [0.15, 0.2) is 24.4 Å². The summed E-state index contributed by atoms with van der Waals surface area (Å²) in [5.41, 5.74) is 1.23. The standard InChI is InChI=1S/C20H30N4O2/c1-21-18(25)8-13-23-12-4-9-20(15-23)10-6-19(26)24(16-20)14-7-17-5-2-3-11-22-17/h2-3,5,11H,4,6-10,12-16H2,1H3,(H,21,25)/t20-/m1/s1. The molecule has 142 valence electrons. The first-order valence-electron chi connectivity index (χ1n) is 9.71. The quantitative estimate of drug-likeness (QED) is 0.836. The van der Waals surface area contributed by atoms with Crippen LogP contribution in [-0.4, -0.2) is 66.4 Å². The summed E-state index contributed by atoms with van der Waals surface area (Å²) in [5.74, 6) is 0.370. The van der Waals surface area contributed by atoms with Crippen molar-refractivity contribution in [2.75, 3.05) is 39.8 Å². The lowest BCUT2D eigenvalue weighted by Crippen LogP contribution is -2.54. The van der Waals surface area contributed by atoms with Gasteiger partial charge in [0.1, 0.15) is 0 Å². The van der Waals surface area contributed by atoms with Crippen molar-refractivity contribution >= 4 is 11.8 Å². The van der Waals surface area contributed by atoms with Crippen molar-refractivity contribution in [3.63, 3.8) is 0 Å². The zero-order valence-electron chi connectivity index (χ0n) is 15.7. The van der Waals surface area contributed by atoms with Crippen molar-refractivity contribution in [3.05, 3.63) is 30.1 Å². The van der Waals surface area contributed by atoms with Gasteiger partial charge in [0.05, 0.1) is 0 Å². The summed E-state index contributed by atoms with van der Waals surface area (Å²) in [7, 11) is 1.69. The Morgan fingerprint density at radius 2 is 2.15 bits per heavy atom. The molecule has 2 saturated heterocycles. The van der Waals surface area contributed by atoms with E-state index in [1.54, 1.807) is 13.2 Å². The first-order chi connectivity index (χ1) is 12.6. The van der Waals surface area contributed by atoms with Crippen LogP contribution in [0.25, 0.3) is 0 Å². The van der Waals surface area contributed by atoms with Gasteiger partial charge in [0.15, 0.2) is 0 Å². The maximum absolute atomic E-state index is 12.4. The highest BCUT2D eigenvalue weighted by Crippen LogP contribution is 2.38. The number of amides is 2. The van der Waals surface area contributed by atoms with E-state index in [1.165, 1.54) is 6.42 Å². The highest BCUT2D eigenvalue weighted by molar-refractivity contribution is 5.77. The number of likely N-dealkylation sites (tertiary alicyclic amines) is 2. The fraction of sp³-hybridized carbons (Fsp3) is 0.650. The molecule has 0 radical (unpaired) electrons. The van der Waals surface area contributed by atoms with Gasteiger partial charge in [0, 0.05) is 69.8 Å². The van der Waals surface area contributed by atoms with Crippen LogP contribution in [0.2, 0.25) is 0 Å². The van der Waals surface area contributed by atoms with Crippen molar-refractivity contribution in [1.29, 1.82) is 0 Å². The molecule has 1 aromatic heterocycles. The predicted octanol–water partition coefficient (Wildman–Crippen LogP) is 1.46. The van der Waals surface area contributed by atoms with E-state index in [9.17, 15) is 9.59 Å². The molecule has 0 aliphatic carbocycles. The normalized spacial score (nSPS) is 24.0. The molecule has 0 bridgehead atoms. The molecular formula is C20H30N4O2. The van der Waals surface area contributed by atoms with E-state index in [-0.39, 0.29) is 17.2 Å². The van der Waals surface area contributed by atoms with Crippen LogP contribution in [0, 0.1) is 5.41 Å². The molecule has 1 spiro atoms. The second-order valence-electron chi connectivity index (χ2n) is 7.69. The molecule has 6 heteroatoms. The number of hydrogen-bond acceptors (Lipinski definition) is 4. The number of piperidine rings is 2. The number of pyridine rings is 1. The third-order valence-electron chi connectivity index (χ3n) is 5.79. The number of nitrogens with one attached hydrogen (secondary N) is 1. The van der Waals surface area contributed by atoms with Gasteiger partial charge in [-0.05, 0) is 37.9 Å². The number of rotatable bonds is 6. The van der Waals surface area contributed by atoms with Crippen molar-refractivity contribution in [2.24, 2.45) is 5.41 Å². The van der Waals surface area contributed by atoms with Crippen LogP contribution in [0.5, 0.6) is 0 Å². The predicted molar refractivity (Wildman–Crippen MR) is 101 cm³/mol. The Hall–Kier alpha value is -1.95. The Morgan fingerprint density at radius 3 is 2.92 bits per heavy atom. The lowest BCUT2D eigenvalue weighted by Gasteiger charge is -2.48. The monoisotopic (exact) mass is 358 g/mol. The maximum atomic E-state index is 12.4. The second kappa shape index (κ2) is 8.62. The van der Waals surface area contributed by atoms with Crippen molar-refractivity contribution in [1.82, 2.24) is 20.1 Å². The molecule has 2 fully saturated rings. The van der Waals surface area contributed by atoms with Gasteiger partial charge in [0.2, 0.25) is 11.8 Å². The average Bonchev–Trinajstić information content (AvgIpc) is 2.68. The minimum absolute atomic E-state index is 0.0976. The molecule has 1 atom stereocenters. The van der Waals surface area contributed by atoms with Crippen LogP contribution in [0.3, 0.4) is 0 Å². The first kappa shape index (κ1) is 18.8. The smallest absolute Gasteiger partial charge is 0.222 e. The molecule has 6 nitrogen and oxygen atoms in total.